The van der Waals surface area contributed by atoms with E-state index in [1.54, 1.807) is 20.8 Å². The molecule has 5 nitrogen and oxygen atoms in total. The minimum atomic E-state index is -4.78. The van der Waals surface area contributed by atoms with Crippen molar-refractivity contribution in [1.29, 1.82) is 0 Å². The number of hydrogen-bond acceptors (Lipinski definition) is 5. The quantitative estimate of drug-likeness (QED) is 0.343. The highest BCUT2D eigenvalue weighted by molar-refractivity contribution is 14.1. The van der Waals surface area contributed by atoms with Gasteiger partial charge in [0.05, 0.1) is 0 Å². The zero-order valence-corrected chi connectivity index (χ0v) is 15.9. The normalized spacial score (nSPS) is 16.2. The van der Waals surface area contributed by atoms with Crippen LogP contribution in [0.2, 0.25) is 0 Å². The standard InChI is InChI=1S/C12H21F3INO4S/c1-5-11(4,16)9(18)21-6-10(2,3)17-8-22(19,20)7-12(13,14)15/h17H,5-8H2,1-4H3. The average Bonchev–Trinajstić information content (AvgIpc) is 2.31. The Labute approximate surface area is 142 Å². The van der Waals surface area contributed by atoms with E-state index in [0.717, 1.165) is 0 Å². The number of nitrogens with one attached hydrogen (secondary N) is 1. The highest BCUT2D eigenvalue weighted by Gasteiger charge is 2.36. The van der Waals surface area contributed by atoms with Crippen LogP contribution in [0, 0.1) is 0 Å². The molecule has 1 atom stereocenters. The van der Waals surface area contributed by atoms with Crippen LogP contribution >= 0.6 is 22.6 Å². The zero-order valence-electron chi connectivity index (χ0n) is 12.9. The molecule has 132 valence electrons. The Bertz CT molecular complexity index is 489. The molecule has 0 bridgehead atoms. The molecule has 10 heteroatoms. The molecule has 0 saturated heterocycles. The minimum absolute atomic E-state index is 0.147. The first kappa shape index (κ1) is 21.9. The van der Waals surface area contributed by atoms with Crippen molar-refractivity contribution in [3.63, 3.8) is 0 Å². The van der Waals surface area contributed by atoms with Gasteiger partial charge in [0.15, 0.2) is 9.84 Å². The highest BCUT2D eigenvalue weighted by Crippen LogP contribution is 2.24. The predicted molar refractivity (Wildman–Crippen MR) is 85.6 cm³/mol. The number of sulfone groups is 1. The van der Waals surface area contributed by atoms with Crippen molar-refractivity contribution in [3.05, 3.63) is 0 Å². The van der Waals surface area contributed by atoms with Crippen LogP contribution in [-0.2, 0) is 19.4 Å². The summed E-state index contributed by atoms with van der Waals surface area (Å²) in [6.07, 6.45) is -4.22. The summed E-state index contributed by atoms with van der Waals surface area (Å²) in [5, 5.41) is 2.48. The van der Waals surface area contributed by atoms with Crippen LogP contribution < -0.4 is 5.32 Å². The predicted octanol–water partition coefficient (Wildman–Crippen LogP) is 2.44. The number of rotatable bonds is 8. The maximum Gasteiger partial charge on any atom is 0.402 e. The van der Waals surface area contributed by atoms with Crippen LogP contribution in [0.15, 0.2) is 0 Å². The van der Waals surface area contributed by atoms with E-state index in [2.05, 4.69) is 5.32 Å². The van der Waals surface area contributed by atoms with Crippen molar-refractivity contribution < 1.29 is 31.1 Å². The Kier molecular flexibility index (Phi) is 7.61. The molecule has 0 rings (SSSR count). The number of carbonyl (C=O) groups is 1. The van der Waals surface area contributed by atoms with Gasteiger partial charge in [0, 0.05) is 5.54 Å². The first-order valence-corrected chi connectivity index (χ1v) is 9.38. The molecule has 22 heavy (non-hydrogen) atoms. The molecular weight excluding hydrogens is 438 g/mol. The number of esters is 1. The Morgan fingerprint density at radius 2 is 1.73 bits per heavy atom. The van der Waals surface area contributed by atoms with Crippen molar-refractivity contribution in [2.24, 2.45) is 0 Å². The van der Waals surface area contributed by atoms with Gasteiger partial charge in [-0.25, -0.2) is 8.42 Å². The monoisotopic (exact) mass is 459 g/mol. The number of ether oxygens (including phenoxy) is 1. The number of hydrogen-bond donors (Lipinski definition) is 1. The Morgan fingerprint density at radius 3 is 2.14 bits per heavy atom. The molecular formula is C12H21F3INO4S. The van der Waals surface area contributed by atoms with Crippen molar-refractivity contribution >= 4 is 38.4 Å². The Hall–Kier alpha value is -0.100. The lowest BCUT2D eigenvalue weighted by molar-refractivity contribution is -0.147. The summed E-state index contributed by atoms with van der Waals surface area (Å²) in [4.78, 5) is 11.8. The van der Waals surface area contributed by atoms with Gasteiger partial charge >= 0.3 is 12.1 Å². The number of alkyl halides is 4. The molecule has 0 radical (unpaired) electrons. The molecule has 0 saturated carbocycles. The molecule has 0 spiro atoms. The minimum Gasteiger partial charge on any atom is -0.463 e. The van der Waals surface area contributed by atoms with E-state index < -0.39 is 42.6 Å². The third-order valence-electron chi connectivity index (χ3n) is 2.81. The smallest absolute Gasteiger partial charge is 0.402 e. The summed E-state index contributed by atoms with van der Waals surface area (Å²) in [6, 6.07) is 0. The summed E-state index contributed by atoms with van der Waals surface area (Å²) in [6.45, 7) is 6.45. The lowest BCUT2D eigenvalue weighted by atomic mass is 10.1. The summed E-state index contributed by atoms with van der Waals surface area (Å²) in [5.74, 6) is -3.18. The van der Waals surface area contributed by atoms with Gasteiger partial charge in [-0.1, -0.05) is 29.5 Å². The second-order valence-corrected chi connectivity index (χ2v) is 10.3. The molecule has 0 aliphatic rings. The first-order chi connectivity index (χ1) is 9.60. The van der Waals surface area contributed by atoms with E-state index in [0.29, 0.717) is 6.42 Å². The fourth-order valence-electron chi connectivity index (χ4n) is 1.20. The molecule has 0 heterocycles. The van der Waals surface area contributed by atoms with Gasteiger partial charge in [0.1, 0.15) is 21.7 Å². The highest BCUT2D eigenvalue weighted by atomic mass is 127. The summed E-state index contributed by atoms with van der Waals surface area (Å²) < 4.78 is 63.4. The van der Waals surface area contributed by atoms with Crippen molar-refractivity contribution in [1.82, 2.24) is 5.32 Å². The topological polar surface area (TPSA) is 72.5 Å². The summed E-state index contributed by atoms with van der Waals surface area (Å²) >= 11 is 1.95. The molecule has 0 aromatic rings. The first-order valence-electron chi connectivity index (χ1n) is 6.48. The third kappa shape index (κ3) is 9.13. The Balaban J connectivity index is 4.52. The van der Waals surface area contributed by atoms with Crippen LogP contribution in [0.5, 0.6) is 0 Å². The van der Waals surface area contributed by atoms with Gasteiger partial charge in [0.2, 0.25) is 0 Å². The van der Waals surface area contributed by atoms with E-state index in [9.17, 15) is 26.4 Å². The van der Waals surface area contributed by atoms with E-state index in [4.69, 9.17) is 4.74 Å². The Morgan fingerprint density at radius 1 is 1.23 bits per heavy atom. The van der Waals surface area contributed by atoms with E-state index >= 15 is 0 Å². The molecule has 0 fully saturated rings. The van der Waals surface area contributed by atoms with Gasteiger partial charge < -0.3 is 4.74 Å². The fraction of sp³-hybridized carbons (Fsp3) is 0.917. The van der Waals surface area contributed by atoms with Gasteiger partial charge in [0.25, 0.3) is 0 Å². The van der Waals surface area contributed by atoms with Gasteiger partial charge in [-0.2, -0.15) is 13.2 Å². The van der Waals surface area contributed by atoms with Crippen molar-refractivity contribution in [3.8, 4) is 0 Å². The van der Waals surface area contributed by atoms with Crippen molar-refractivity contribution in [2.45, 2.75) is 49.3 Å². The molecule has 0 aromatic heterocycles. The zero-order chi connectivity index (χ0) is 17.8. The van der Waals surface area contributed by atoms with Crippen LogP contribution in [-0.4, -0.2) is 47.8 Å². The second-order valence-electron chi connectivity index (χ2n) is 5.84. The van der Waals surface area contributed by atoms with Crippen molar-refractivity contribution in [2.75, 3.05) is 18.2 Å². The largest absolute Gasteiger partial charge is 0.463 e. The lowest BCUT2D eigenvalue weighted by Crippen LogP contribution is -2.48. The maximum absolute atomic E-state index is 12.1. The fourth-order valence-corrected chi connectivity index (χ4v) is 2.56. The van der Waals surface area contributed by atoms with Gasteiger partial charge in [-0.15, -0.1) is 0 Å². The van der Waals surface area contributed by atoms with E-state index in [-0.39, 0.29) is 6.61 Å². The van der Waals surface area contributed by atoms with Crippen LogP contribution in [0.4, 0.5) is 13.2 Å². The van der Waals surface area contributed by atoms with Crippen LogP contribution in [0.3, 0.4) is 0 Å². The molecule has 0 aromatic carbocycles. The number of carbonyl (C=O) groups excluding carboxylic acids is 1. The third-order valence-corrected chi connectivity index (χ3v) is 5.36. The molecule has 0 aliphatic heterocycles. The summed E-state index contributed by atoms with van der Waals surface area (Å²) in [5.41, 5.74) is -0.964. The molecule has 1 N–H and O–H groups in total. The molecule has 0 aliphatic carbocycles. The molecule has 1 unspecified atom stereocenters. The number of halogens is 4. The van der Waals surface area contributed by atoms with Gasteiger partial charge in [-0.3, -0.25) is 10.1 Å². The summed E-state index contributed by atoms with van der Waals surface area (Å²) in [7, 11) is -4.32. The SMILES string of the molecule is CCC(C)(I)C(=O)OCC(C)(C)NCS(=O)(=O)CC(F)(F)F. The van der Waals surface area contributed by atoms with Crippen LogP contribution in [0.25, 0.3) is 0 Å². The lowest BCUT2D eigenvalue weighted by Gasteiger charge is -2.28. The maximum atomic E-state index is 12.1. The average molecular weight is 459 g/mol. The van der Waals surface area contributed by atoms with Gasteiger partial charge in [-0.05, 0) is 27.2 Å². The second kappa shape index (κ2) is 7.65. The van der Waals surface area contributed by atoms with E-state index in [1.165, 1.54) is 0 Å². The molecule has 0 amide bonds. The van der Waals surface area contributed by atoms with Crippen LogP contribution in [0.1, 0.15) is 34.1 Å². The van der Waals surface area contributed by atoms with E-state index in [1.807, 2.05) is 29.5 Å².